The Morgan fingerprint density at radius 1 is 1.18 bits per heavy atom. The van der Waals surface area contributed by atoms with Crippen molar-refractivity contribution < 1.29 is 0 Å². The number of nitrogens with one attached hydrogen (secondary N) is 1. The molecule has 0 unspecified atom stereocenters. The second kappa shape index (κ2) is 6.41. The molecular formula is C14H23BrN2. The van der Waals surface area contributed by atoms with Crippen LogP contribution in [0.2, 0.25) is 0 Å². The van der Waals surface area contributed by atoms with Crippen molar-refractivity contribution in [1.82, 2.24) is 5.32 Å². The first-order valence-electron chi connectivity index (χ1n) is 6.35. The van der Waals surface area contributed by atoms with Crippen LogP contribution >= 0.6 is 15.9 Å². The molecule has 3 heteroatoms. The molecule has 0 saturated heterocycles. The highest BCUT2D eigenvalue weighted by Crippen LogP contribution is 2.23. The Balaban J connectivity index is 2.68. The highest BCUT2D eigenvalue weighted by atomic mass is 79.9. The molecule has 0 bridgehead atoms. The lowest BCUT2D eigenvalue weighted by atomic mass is 9.89. The molecule has 0 aromatic heterocycles. The van der Waals surface area contributed by atoms with Crippen molar-refractivity contribution in [1.29, 1.82) is 0 Å². The molecule has 0 aliphatic carbocycles. The van der Waals surface area contributed by atoms with Crippen LogP contribution in [0, 0.1) is 0 Å². The number of nitrogen functional groups attached to an aromatic ring is 1. The summed E-state index contributed by atoms with van der Waals surface area (Å²) in [6, 6.07) is 6.15. The molecule has 0 saturated carbocycles. The summed E-state index contributed by atoms with van der Waals surface area (Å²) in [5.74, 6) is 0. The molecule has 0 fully saturated rings. The molecule has 2 nitrogen and oxygen atoms in total. The Morgan fingerprint density at radius 3 is 2.24 bits per heavy atom. The van der Waals surface area contributed by atoms with Crippen LogP contribution in [0.25, 0.3) is 0 Å². The maximum absolute atomic E-state index is 5.88. The third-order valence-corrected chi connectivity index (χ3v) is 4.48. The Bertz CT molecular complexity index is 351. The number of nitrogens with two attached hydrogens (primary N) is 1. The molecular weight excluding hydrogens is 276 g/mol. The summed E-state index contributed by atoms with van der Waals surface area (Å²) in [6.07, 6.45) is 3.48. The van der Waals surface area contributed by atoms with Gasteiger partial charge in [-0.15, -0.1) is 0 Å². The second-order valence-corrected chi connectivity index (χ2v) is 5.40. The lowest BCUT2D eigenvalue weighted by Crippen LogP contribution is -2.43. The highest BCUT2D eigenvalue weighted by Gasteiger charge is 2.22. The van der Waals surface area contributed by atoms with Crippen molar-refractivity contribution in [3.8, 4) is 0 Å². The number of benzene rings is 1. The Labute approximate surface area is 113 Å². The van der Waals surface area contributed by atoms with Gasteiger partial charge < -0.3 is 11.1 Å². The van der Waals surface area contributed by atoms with Crippen LogP contribution in [0.3, 0.4) is 0 Å². The highest BCUT2D eigenvalue weighted by molar-refractivity contribution is 9.10. The number of anilines is 1. The number of rotatable bonds is 6. The van der Waals surface area contributed by atoms with E-state index in [4.69, 9.17) is 5.73 Å². The molecule has 0 spiro atoms. The van der Waals surface area contributed by atoms with Crippen molar-refractivity contribution in [3.63, 3.8) is 0 Å². The fraction of sp³-hybridized carbons (Fsp3) is 0.571. The van der Waals surface area contributed by atoms with E-state index in [2.05, 4.69) is 48.1 Å². The molecule has 0 radical (unpaired) electrons. The Morgan fingerprint density at radius 2 is 1.76 bits per heavy atom. The molecule has 3 N–H and O–H groups in total. The zero-order valence-electron chi connectivity index (χ0n) is 11.0. The van der Waals surface area contributed by atoms with Crippen LogP contribution < -0.4 is 11.1 Å². The van der Waals surface area contributed by atoms with Gasteiger partial charge in [-0.3, -0.25) is 0 Å². The van der Waals surface area contributed by atoms with Gasteiger partial charge in [0.05, 0.1) is 0 Å². The number of halogens is 1. The average Bonchev–Trinajstić information content (AvgIpc) is 2.36. The predicted octanol–water partition coefficient (Wildman–Crippen LogP) is 4.09. The largest absolute Gasteiger partial charge is 0.398 e. The number of hydrogen-bond acceptors (Lipinski definition) is 2. The third kappa shape index (κ3) is 3.71. The minimum atomic E-state index is 0.266. The fourth-order valence-corrected chi connectivity index (χ4v) is 2.36. The van der Waals surface area contributed by atoms with E-state index >= 15 is 0 Å². The summed E-state index contributed by atoms with van der Waals surface area (Å²) < 4.78 is 0.967. The van der Waals surface area contributed by atoms with E-state index in [0.29, 0.717) is 0 Å². The van der Waals surface area contributed by atoms with Crippen molar-refractivity contribution >= 4 is 21.6 Å². The molecule has 0 aliphatic rings. The van der Waals surface area contributed by atoms with Crippen molar-refractivity contribution in [2.45, 2.75) is 52.1 Å². The molecule has 0 aliphatic heterocycles. The standard InChI is InChI=1S/C14H23BrN2/c1-4-14(5-2,6-3)17-10-11-7-8-12(15)13(16)9-11/h7-9,17H,4-6,10,16H2,1-3H3. The van der Waals surface area contributed by atoms with Crippen molar-refractivity contribution in [3.05, 3.63) is 28.2 Å². The molecule has 96 valence electrons. The van der Waals surface area contributed by atoms with Crippen LogP contribution in [-0.4, -0.2) is 5.54 Å². The van der Waals surface area contributed by atoms with E-state index in [1.54, 1.807) is 0 Å². The summed E-state index contributed by atoms with van der Waals surface area (Å²) >= 11 is 3.42. The summed E-state index contributed by atoms with van der Waals surface area (Å²) in [5.41, 5.74) is 8.19. The van der Waals surface area contributed by atoms with Gasteiger partial charge in [0, 0.05) is 22.2 Å². The van der Waals surface area contributed by atoms with E-state index in [9.17, 15) is 0 Å². The van der Waals surface area contributed by atoms with Gasteiger partial charge in [0.15, 0.2) is 0 Å². The molecule has 0 atom stereocenters. The first kappa shape index (κ1) is 14.5. The van der Waals surface area contributed by atoms with Gasteiger partial charge in [-0.1, -0.05) is 26.8 Å². The summed E-state index contributed by atoms with van der Waals surface area (Å²) in [7, 11) is 0. The van der Waals surface area contributed by atoms with E-state index in [-0.39, 0.29) is 5.54 Å². The first-order chi connectivity index (χ1) is 8.06. The van der Waals surface area contributed by atoms with Crippen molar-refractivity contribution in [2.24, 2.45) is 0 Å². The predicted molar refractivity (Wildman–Crippen MR) is 79.0 cm³/mol. The van der Waals surface area contributed by atoms with E-state index in [1.165, 1.54) is 5.56 Å². The SMILES string of the molecule is CCC(CC)(CC)NCc1ccc(Br)c(N)c1. The van der Waals surface area contributed by atoms with Crippen LogP contribution in [0.4, 0.5) is 5.69 Å². The van der Waals surface area contributed by atoms with E-state index in [1.807, 2.05) is 12.1 Å². The Hall–Kier alpha value is -0.540. The minimum absolute atomic E-state index is 0.266. The van der Waals surface area contributed by atoms with Gasteiger partial charge >= 0.3 is 0 Å². The van der Waals surface area contributed by atoms with E-state index in [0.717, 1.165) is 36.0 Å². The average molecular weight is 299 g/mol. The quantitative estimate of drug-likeness (QED) is 0.776. The molecule has 1 aromatic carbocycles. The van der Waals surface area contributed by atoms with Crippen LogP contribution in [0.1, 0.15) is 45.6 Å². The molecule has 1 aromatic rings. The fourth-order valence-electron chi connectivity index (χ4n) is 2.12. The van der Waals surface area contributed by atoms with E-state index < -0.39 is 0 Å². The smallest absolute Gasteiger partial charge is 0.0461 e. The summed E-state index contributed by atoms with van der Waals surface area (Å²) in [6.45, 7) is 7.62. The maximum Gasteiger partial charge on any atom is 0.0461 e. The minimum Gasteiger partial charge on any atom is -0.398 e. The van der Waals surface area contributed by atoms with Gasteiger partial charge in [-0.2, -0.15) is 0 Å². The van der Waals surface area contributed by atoms with Crippen LogP contribution in [0.15, 0.2) is 22.7 Å². The van der Waals surface area contributed by atoms with Gasteiger partial charge in [-0.05, 0) is 52.9 Å². The zero-order chi connectivity index (χ0) is 12.9. The monoisotopic (exact) mass is 298 g/mol. The topological polar surface area (TPSA) is 38.0 Å². The zero-order valence-corrected chi connectivity index (χ0v) is 12.6. The maximum atomic E-state index is 5.88. The molecule has 0 heterocycles. The molecule has 0 amide bonds. The first-order valence-corrected chi connectivity index (χ1v) is 7.15. The summed E-state index contributed by atoms with van der Waals surface area (Å²) in [4.78, 5) is 0. The normalized spacial score (nSPS) is 11.8. The van der Waals surface area contributed by atoms with Gasteiger partial charge in [0.2, 0.25) is 0 Å². The van der Waals surface area contributed by atoms with Crippen molar-refractivity contribution in [2.75, 3.05) is 5.73 Å². The van der Waals surface area contributed by atoms with Crippen LogP contribution in [-0.2, 0) is 6.54 Å². The molecule has 17 heavy (non-hydrogen) atoms. The van der Waals surface area contributed by atoms with Gasteiger partial charge in [0.1, 0.15) is 0 Å². The summed E-state index contributed by atoms with van der Waals surface area (Å²) in [5, 5.41) is 3.67. The van der Waals surface area contributed by atoms with Crippen LogP contribution in [0.5, 0.6) is 0 Å². The van der Waals surface area contributed by atoms with Gasteiger partial charge in [0.25, 0.3) is 0 Å². The molecule has 1 rings (SSSR count). The second-order valence-electron chi connectivity index (χ2n) is 4.55. The third-order valence-electron chi connectivity index (χ3n) is 3.76. The Kier molecular flexibility index (Phi) is 5.47. The lowest BCUT2D eigenvalue weighted by molar-refractivity contribution is 0.288. The lowest BCUT2D eigenvalue weighted by Gasteiger charge is -2.32. The number of hydrogen-bond donors (Lipinski definition) is 2. The van der Waals surface area contributed by atoms with Gasteiger partial charge in [-0.25, -0.2) is 0 Å².